The molecule has 2 aromatic heterocycles. The largest absolute Gasteiger partial charge is 0.468 e. The van der Waals surface area contributed by atoms with Gasteiger partial charge < -0.3 is 8.83 Å². The van der Waals surface area contributed by atoms with Gasteiger partial charge in [0.05, 0.1) is 47.8 Å². The molecule has 4 fully saturated rings. The number of imide groups is 2. The van der Waals surface area contributed by atoms with Crippen LogP contribution in [0, 0.1) is 25.7 Å². The Kier molecular flexibility index (Phi) is 5.26. The second-order valence-electron chi connectivity index (χ2n) is 11.2. The molecule has 42 heavy (non-hydrogen) atoms. The van der Waals surface area contributed by atoms with E-state index in [4.69, 9.17) is 8.83 Å². The number of hydrogen-bond acceptors (Lipinski definition) is 8. The lowest BCUT2D eigenvalue weighted by molar-refractivity contribution is -0.136. The summed E-state index contributed by atoms with van der Waals surface area (Å²) < 4.78 is 11.7. The quantitative estimate of drug-likeness (QED) is 0.345. The van der Waals surface area contributed by atoms with Gasteiger partial charge in [0.25, 0.3) is 11.8 Å². The molecule has 210 valence electrons. The van der Waals surface area contributed by atoms with Crippen LogP contribution in [0.1, 0.15) is 34.7 Å². The van der Waals surface area contributed by atoms with E-state index in [2.05, 4.69) is 0 Å². The maximum atomic E-state index is 14.3. The average Bonchev–Trinajstić information content (AvgIpc) is 3.81. The molecule has 4 amide bonds. The van der Waals surface area contributed by atoms with E-state index in [1.54, 1.807) is 58.5 Å². The highest BCUT2D eigenvalue weighted by atomic mass is 16.3. The summed E-state index contributed by atoms with van der Waals surface area (Å²) in [7, 11) is 0. The fourth-order valence-electron chi connectivity index (χ4n) is 7.42. The molecule has 10 nitrogen and oxygen atoms in total. The first-order valence-corrected chi connectivity index (χ1v) is 13.9. The highest BCUT2D eigenvalue weighted by Crippen LogP contribution is 2.60. The molecular formula is C32H26N4O6. The molecule has 0 radical (unpaired) electrons. The molecule has 0 spiro atoms. The predicted molar refractivity (Wildman–Crippen MR) is 148 cm³/mol. The van der Waals surface area contributed by atoms with Crippen molar-refractivity contribution >= 4 is 35.0 Å². The van der Waals surface area contributed by atoms with Crippen LogP contribution >= 0.6 is 0 Å². The number of carbonyl (C=O) groups is 4. The van der Waals surface area contributed by atoms with E-state index in [-0.39, 0.29) is 11.8 Å². The number of amides is 4. The fraction of sp³-hybridized carbons (Fsp3) is 0.250. The molecule has 0 saturated carbocycles. The fourth-order valence-corrected chi connectivity index (χ4v) is 7.42. The van der Waals surface area contributed by atoms with Crippen LogP contribution in [0.3, 0.4) is 0 Å². The number of rotatable bonds is 4. The minimum absolute atomic E-state index is 0.377. The molecule has 10 heteroatoms. The van der Waals surface area contributed by atoms with Crippen molar-refractivity contribution < 1.29 is 28.0 Å². The van der Waals surface area contributed by atoms with Gasteiger partial charge in [-0.2, -0.15) is 0 Å². The van der Waals surface area contributed by atoms with Gasteiger partial charge in [-0.15, -0.1) is 0 Å². The number of para-hydroxylation sites is 2. The number of benzene rings is 2. The van der Waals surface area contributed by atoms with Crippen LogP contribution in [-0.2, 0) is 19.2 Å². The molecule has 4 aliphatic rings. The first-order valence-electron chi connectivity index (χ1n) is 13.9. The molecular weight excluding hydrogens is 536 g/mol. The summed E-state index contributed by atoms with van der Waals surface area (Å²) in [5.41, 5.74) is 2.59. The van der Waals surface area contributed by atoms with Crippen molar-refractivity contribution in [3.05, 3.63) is 108 Å². The number of aryl methyl sites for hydroxylation is 2. The standard InChI is InChI=1S/C32H26N4O6/c1-17-9-3-5-11-19(17)33-29(37)23-25(21-13-7-15-41-21)36-28-24(26(22-14-8-16-42-22)35(36)27(23)31(33)39)30(38)34(32(28)40)20-12-6-4-10-18(20)2/h3-16,23-28H,1-2H3/t23-,24-,25+,26+,27-,28+/m1/s1. The summed E-state index contributed by atoms with van der Waals surface area (Å²) in [5, 5.41) is 3.52. The Labute approximate surface area is 240 Å². The van der Waals surface area contributed by atoms with E-state index in [9.17, 15) is 19.2 Å². The summed E-state index contributed by atoms with van der Waals surface area (Å²) in [6.07, 6.45) is 3.01. The van der Waals surface area contributed by atoms with Gasteiger partial charge in [-0.1, -0.05) is 36.4 Å². The van der Waals surface area contributed by atoms with Crippen molar-refractivity contribution in [1.82, 2.24) is 10.0 Å². The average molecular weight is 563 g/mol. The van der Waals surface area contributed by atoms with E-state index in [1.165, 1.54) is 22.3 Å². The highest BCUT2D eigenvalue weighted by Gasteiger charge is 2.74. The van der Waals surface area contributed by atoms with Gasteiger partial charge in [-0.3, -0.25) is 19.2 Å². The van der Waals surface area contributed by atoms with Crippen LogP contribution in [0.4, 0.5) is 11.4 Å². The molecule has 6 atom stereocenters. The molecule has 2 aromatic carbocycles. The maximum absolute atomic E-state index is 14.3. The topological polar surface area (TPSA) is 108 Å². The van der Waals surface area contributed by atoms with Gasteiger partial charge in [-0.05, 0) is 61.4 Å². The maximum Gasteiger partial charge on any atom is 0.253 e. The van der Waals surface area contributed by atoms with Crippen molar-refractivity contribution in [2.75, 3.05) is 9.80 Å². The first kappa shape index (κ1) is 25.0. The third-order valence-corrected chi connectivity index (χ3v) is 9.11. The Balaban J connectivity index is 1.32. The minimum Gasteiger partial charge on any atom is -0.468 e. The van der Waals surface area contributed by atoms with Crippen molar-refractivity contribution in [2.24, 2.45) is 11.8 Å². The Morgan fingerprint density at radius 1 is 0.500 bits per heavy atom. The van der Waals surface area contributed by atoms with Crippen LogP contribution in [-0.4, -0.2) is 45.7 Å². The summed E-state index contributed by atoms with van der Waals surface area (Å²) in [4.78, 5) is 59.7. The molecule has 6 heterocycles. The molecule has 8 rings (SSSR count). The lowest BCUT2D eigenvalue weighted by Gasteiger charge is -2.34. The zero-order valence-corrected chi connectivity index (χ0v) is 22.8. The van der Waals surface area contributed by atoms with E-state index < -0.39 is 47.8 Å². The van der Waals surface area contributed by atoms with E-state index >= 15 is 0 Å². The SMILES string of the molecule is Cc1ccccc1N1C(=O)[C@H]2[C@@H](C1=O)N1[C@@H](c3ccco3)[C@H]3C(=O)N(c4ccccc4C)C(=O)[C@@H]3N1[C@H]2c1ccco1. The monoisotopic (exact) mass is 562 g/mol. The van der Waals surface area contributed by atoms with Crippen LogP contribution < -0.4 is 9.80 Å². The van der Waals surface area contributed by atoms with Crippen LogP contribution in [0.15, 0.2) is 94.2 Å². The minimum atomic E-state index is -0.972. The molecule has 4 aliphatic heterocycles. The van der Waals surface area contributed by atoms with Crippen LogP contribution in [0.5, 0.6) is 0 Å². The Morgan fingerprint density at radius 3 is 1.26 bits per heavy atom. The van der Waals surface area contributed by atoms with Gasteiger partial charge in [-0.25, -0.2) is 19.8 Å². The third-order valence-electron chi connectivity index (χ3n) is 9.11. The van der Waals surface area contributed by atoms with Gasteiger partial charge in [0.1, 0.15) is 23.6 Å². The van der Waals surface area contributed by atoms with Gasteiger partial charge >= 0.3 is 0 Å². The molecule has 0 N–H and O–H groups in total. The third kappa shape index (κ3) is 3.10. The van der Waals surface area contributed by atoms with Gasteiger partial charge in [0.2, 0.25) is 11.8 Å². The summed E-state index contributed by atoms with van der Waals surface area (Å²) in [6.45, 7) is 3.70. The molecule has 4 aromatic rings. The number of nitrogens with zero attached hydrogens (tertiary/aromatic N) is 4. The van der Waals surface area contributed by atoms with Crippen molar-refractivity contribution in [3.8, 4) is 0 Å². The molecule has 0 aliphatic carbocycles. The second-order valence-corrected chi connectivity index (χ2v) is 11.2. The van der Waals surface area contributed by atoms with Gasteiger partial charge in [0, 0.05) is 0 Å². The number of anilines is 2. The molecule has 0 unspecified atom stereocenters. The van der Waals surface area contributed by atoms with Crippen molar-refractivity contribution in [1.29, 1.82) is 0 Å². The zero-order chi connectivity index (χ0) is 28.9. The van der Waals surface area contributed by atoms with E-state index in [1.807, 2.05) is 38.1 Å². The summed E-state index contributed by atoms with van der Waals surface area (Å²) >= 11 is 0. The smallest absolute Gasteiger partial charge is 0.253 e. The zero-order valence-electron chi connectivity index (χ0n) is 22.8. The van der Waals surface area contributed by atoms with E-state index in [0.717, 1.165) is 11.1 Å². The Morgan fingerprint density at radius 2 is 0.905 bits per heavy atom. The molecule has 4 saturated heterocycles. The van der Waals surface area contributed by atoms with Gasteiger partial charge in [0.15, 0.2) is 0 Å². The van der Waals surface area contributed by atoms with Crippen LogP contribution in [0.2, 0.25) is 0 Å². The lowest BCUT2D eigenvalue weighted by atomic mass is 9.87. The number of furan rings is 2. The summed E-state index contributed by atoms with van der Waals surface area (Å²) in [6, 6.07) is 17.9. The number of carbonyl (C=O) groups excluding carboxylic acids is 4. The van der Waals surface area contributed by atoms with Crippen LogP contribution in [0.25, 0.3) is 0 Å². The number of hydrogen-bond donors (Lipinski definition) is 0. The number of hydrazine groups is 1. The second kappa shape index (κ2) is 8.85. The first-order chi connectivity index (χ1) is 20.4. The lowest BCUT2D eigenvalue weighted by Crippen LogP contribution is -2.50. The number of fused-ring (bicyclic) bond motifs is 5. The Hall–Kier alpha value is -4.80. The van der Waals surface area contributed by atoms with E-state index in [0.29, 0.717) is 22.9 Å². The predicted octanol–water partition coefficient (Wildman–Crippen LogP) is 3.93. The normalized spacial score (nSPS) is 29.1. The highest BCUT2D eigenvalue weighted by molar-refractivity contribution is 6.26. The molecule has 0 bridgehead atoms. The summed E-state index contributed by atoms with van der Waals surface area (Å²) in [5.74, 6) is -2.46. The van der Waals surface area contributed by atoms with Crippen molar-refractivity contribution in [3.63, 3.8) is 0 Å². The Bertz CT molecular complexity index is 1640. The van der Waals surface area contributed by atoms with Crippen molar-refractivity contribution in [2.45, 2.75) is 38.0 Å².